The number of amides is 1. The number of allylic oxidation sites excluding steroid dienone is 3. The van der Waals surface area contributed by atoms with Gasteiger partial charge in [-0.25, -0.2) is 27.8 Å². The fraction of sp³-hybridized carbons (Fsp3) is 0.333. The molecule has 4 rings (SSSR count). The maximum Gasteiger partial charge on any atom is 0.232 e. The van der Waals surface area contributed by atoms with Crippen molar-refractivity contribution >= 4 is 50.6 Å². The third kappa shape index (κ3) is 7.74. The molecule has 1 aliphatic heterocycles. The fourth-order valence-electron chi connectivity index (χ4n) is 4.58. The number of sulfonamides is 1. The standard InChI is InChI=1S/C30H34F2N6O5S/c1-19(9-10-26(33-3)34-20(2)39)29-35-28-23(30(36-29)38-12-14-43-15-13-38)17-21(18-25(28)42-4)22-7-5-8-24(27(22)32)37-44(40,41)16-6-11-31/h5,7-10,17-18,37H,3,6,11-16H2,1-2,4H3,(H,34,39)/b19-9+,26-10+. The van der Waals surface area contributed by atoms with Gasteiger partial charge in [0.1, 0.15) is 22.9 Å². The number of nitrogens with zero attached hydrogens (tertiary/aromatic N) is 4. The zero-order valence-electron chi connectivity index (χ0n) is 24.7. The van der Waals surface area contributed by atoms with Crippen molar-refractivity contribution in [2.24, 2.45) is 4.99 Å². The molecule has 0 aliphatic carbocycles. The third-order valence-corrected chi connectivity index (χ3v) is 8.07. The Hall–Kier alpha value is -4.43. The first kappa shape index (κ1) is 32.5. The number of fused-ring (bicyclic) bond motifs is 1. The van der Waals surface area contributed by atoms with E-state index in [4.69, 9.17) is 19.4 Å². The molecule has 2 aromatic carbocycles. The molecule has 0 spiro atoms. The average Bonchev–Trinajstić information content (AvgIpc) is 3.02. The van der Waals surface area contributed by atoms with Crippen LogP contribution in [0.25, 0.3) is 27.6 Å². The summed E-state index contributed by atoms with van der Waals surface area (Å²) in [5.41, 5.74) is 1.43. The number of carbonyl (C=O) groups excluding carboxylic acids is 1. The van der Waals surface area contributed by atoms with Crippen LogP contribution in [0.2, 0.25) is 0 Å². The predicted molar refractivity (Wildman–Crippen MR) is 168 cm³/mol. The number of aromatic nitrogens is 2. The van der Waals surface area contributed by atoms with E-state index in [1.54, 1.807) is 24.3 Å². The largest absolute Gasteiger partial charge is 0.494 e. The predicted octanol–water partition coefficient (Wildman–Crippen LogP) is 4.46. The SMILES string of the molecule is C=N/C(=C\C=C(/C)c1nc(N2CCOCC2)c2cc(-c3cccc(NS(=O)(=O)CCCF)c3F)cc(OC)c2n1)NC(C)=O. The molecule has 1 saturated heterocycles. The normalized spacial score (nSPS) is 14.4. The van der Waals surface area contributed by atoms with Gasteiger partial charge in [-0.3, -0.25) is 13.9 Å². The summed E-state index contributed by atoms with van der Waals surface area (Å²) in [4.78, 5) is 27.0. The molecule has 2 N–H and O–H groups in total. The number of hydrogen-bond acceptors (Lipinski definition) is 9. The molecule has 11 nitrogen and oxygen atoms in total. The first-order chi connectivity index (χ1) is 21.1. The molecule has 1 fully saturated rings. The lowest BCUT2D eigenvalue weighted by Crippen LogP contribution is -2.37. The number of aliphatic imine (C=N–C) groups is 1. The van der Waals surface area contributed by atoms with Gasteiger partial charge in [-0.15, -0.1) is 0 Å². The van der Waals surface area contributed by atoms with E-state index >= 15 is 4.39 Å². The van der Waals surface area contributed by atoms with Crippen LogP contribution in [0, 0.1) is 5.82 Å². The first-order valence-corrected chi connectivity index (χ1v) is 15.4. The highest BCUT2D eigenvalue weighted by Crippen LogP contribution is 2.38. The van der Waals surface area contributed by atoms with E-state index in [0.717, 1.165) is 0 Å². The van der Waals surface area contributed by atoms with E-state index in [0.29, 0.717) is 65.7 Å². The Morgan fingerprint density at radius 2 is 1.95 bits per heavy atom. The summed E-state index contributed by atoms with van der Waals surface area (Å²) in [6, 6.07) is 7.72. The number of rotatable bonds is 12. The monoisotopic (exact) mass is 628 g/mol. The number of anilines is 2. The molecule has 1 aromatic heterocycles. The summed E-state index contributed by atoms with van der Waals surface area (Å²) in [6.07, 6.45) is 3.10. The summed E-state index contributed by atoms with van der Waals surface area (Å²) >= 11 is 0. The van der Waals surface area contributed by atoms with E-state index in [1.165, 1.54) is 32.2 Å². The number of benzene rings is 2. The van der Waals surface area contributed by atoms with Crippen LogP contribution in [0.3, 0.4) is 0 Å². The summed E-state index contributed by atoms with van der Waals surface area (Å²) in [6.45, 7) is 7.93. The van der Waals surface area contributed by atoms with Crippen LogP contribution in [-0.4, -0.2) is 76.9 Å². The Kier molecular flexibility index (Phi) is 10.6. The molecule has 44 heavy (non-hydrogen) atoms. The van der Waals surface area contributed by atoms with Gasteiger partial charge in [0.2, 0.25) is 15.9 Å². The van der Waals surface area contributed by atoms with Crippen LogP contribution in [-0.2, 0) is 19.6 Å². The molecule has 234 valence electrons. The van der Waals surface area contributed by atoms with Crippen molar-refractivity contribution in [1.82, 2.24) is 15.3 Å². The van der Waals surface area contributed by atoms with Crippen LogP contribution < -0.4 is 19.7 Å². The fourth-order valence-corrected chi connectivity index (χ4v) is 5.66. The van der Waals surface area contributed by atoms with Crippen LogP contribution in [0.4, 0.5) is 20.3 Å². The van der Waals surface area contributed by atoms with Gasteiger partial charge in [0.25, 0.3) is 0 Å². The number of alkyl halides is 1. The quantitative estimate of drug-likeness (QED) is 0.222. The molecule has 1 aliphatic rings. The van der Waals surface area contributed by atoms with E-state index < -0.39 is 28.3 Å². The van der Waals surface area contributed by atoms with Crippen molar-refractivity contribution in [3.05, 3.63) is 59.9 Å². The van der Waals surface area contributed by atoms with E-state index in [9.17, 15) is 17.6 Å². The zero-order chi connectivity index (χ0) is 31.9. The van der Waals surface area contributed by atoms with Gasteiger partial charge in [0.15, 0.2) is 11.6 Å². The van der Waals surface area contributed by atoms with Gasteiger partial charge >= 0.3 is 0 Å². The van der Waals surface area contributed by atoms with Crippen LogP contribution in [0.5, 0.6) is 5.75 Å². The van der Waals surface area contributed by atoms with Crippen LogP contribution in [0.1, 0.15) is 26.1 Å². The molecule has 0 unspecified atom stereocenters. The molecule has 14 heteroatoms. The number of methoxy groups -OCH3 is 1. The van der Waals surface area contributed by atoms with E-state index in [1.807, 2.05) is 11.8 Å². The zero-order valence-corrected chi connectivity index (χ0v) is 25.5. The van der Waals surface area contributed by atoms with Gasteiger partial charge in [0, 0.05) is 31.0 Å². The molecule has 0 atom stereocenters. The second kappa shape index (κ2) is 14.4. The summed E-state index contributed by atoms with van der Waals surface area (Å²) in [5, 5.41) is 3.17. The molecule has 3 aromatic rings. The topological polar surface area (TPSA) is 135 Å². The number of ether oxygens (including phenoxy) is 2. The highest BCUT2D eigenvalue weighted by Gasteiger charge is 2.23. The number of carbonyl (C=O) groups is 1. The summed E-state index contributed by atoms with van der Waals surface area (Å²) in [5.74, 6) is 0.0340. The molecular weight excluding hydrogens is 594 g/mol. The van der Waals surface area contributed by atoms with Gasteiger partial charge in [-0.05, 0) is 55.5 Å². The van der Waals surface area contributed by atoms with Crippen molar-refractivity contribution in [3.63, 3.8) is 0 Å². The van der Waals surface area contributed by atoms with Crippen molar-refractivity contribution in [3.8, 4) is 16.9 Å². The number of morpholine rings is 1. The van der Waals surface area contributed by atoms with Crippen LogP contribution in [0.15, 0.2) is 53.3 Å². The summed E-state index contributed by atoms with van der Waals surface area (Å²) in [7, 11) is -2.48. The second-order valence-electron chi connectivity index (χ2n) is 9.92. The Morgan fingerprint density at radius 1 is 1.20 bits per heavy atom. The van der Waals surface area contributed by atoms with Crippen molar-refractivity contribution in [1.29, 1.82) is 0 Å². The minimum atomic E-state index is -3.95. The molecule has 0 saturated carbocycles. The van der Waals surface area contributed by atoms with Crippen LogP contribution >= 0.6 is 0 Å². The van der Waals surface area contributed by atoms with Crippen molar-refractivity contribution in [2.45, 2.75) is 20.3 Å². The van der Waals surface area contributed by atoms with Gasteiger partial charge in [-0.2, -0.15) is 0 Å². The molecule has 0 radical (unpaired) electrons. The first-order valence-electron chi connectivity index (χ1n) is 13.8. The number of halogens is 2. The number of hydrogen-bond donors (Lipinski definition) is 2. The van der Waals surface area contributed by atoms with Crippen molar-refractivity contribution in [2.75, 3.05) is 55.5 Å². The number of nitrogens with one attached hydrogen (secondary N) is 2. The maximum atomic E-state index is 15.8. The summed E-state index contributed by atoms with van der Waals surface area (Å²) < 4.78 is 66.5. The van der Waals surface area contributed by atoms with Gasteiger partial charge in [0.05, 0.1) is 38.4 Å². The maximum absolute atomic E-state index is 15.8. The Balaban J connectivity index is 1.87. The van der Waals surface area contributed by atoms with E-state index in [-0.39, 0.29) is 29.4 Å². The van der Waals surface area contributed by atoms with Gasteiger partial charge in [-0.1, -0.05) is 18.2 Å². The van der Waals surface area contributed by atoms with E-state index in [2.05, 4.69) is 21.7 Å². The lowest BCUT2D eigenvalue weighted by Gasteiger charge is -2.29. The lowest BCUT2D eigenvalue weighted by atomic mass is 10.0. The second-order valence-corrected chi connectivity index (χ2v) is 11.8. The Labute approximate surface area is 254 Å². The third-order valence-electron chi connectivity index (χ3n) is 6.72. The highest BCUT2D eigenvalue weighted by molar-refractivity contribution is 7.92. The highest BCUT2D eigenvalue weighted by atomic mass is 32.2. The average molecular weight is 629 g/mol. The van der Waals surface area contributed by atoms with Crippen molar-refractivity contribution < 1.29 is 31.5 Å². The Bertz CT molecular complexity index is 1720. The molecule has 2 heterocycles. The minimum absolute atomic E-state index is 0.122. The molecule has 0 bridgehead atoms. The molecule has 1 amide bonds. The molecular formula is C30H34F2N6O5S. The minimum Gasteiger partial charge on any atom is -0.494 e. The Morgan fingerprint density at radius 3 is 2.61 bits per heavy atom. The lowest BCUT2D eigenvalue weighted by molar-refractivity contribution is -0.118. The smallest absolute Gasteiger partial charge is 0.232 e. The van der Waals surface area contributed by atoms with Gasteiger partial charge < -0.3 is 19.7 Å².